The molecule has 41 heavy (non-hydrogen) atoms. The first kappa shape index (κ1) is 33.6. The fraction of sp³-hybridized carbons (Fsp3) is 0.483. The van der Waals surface area contributed by atoms with Crippen molar-refractivity contribution in [1.82, 2.24) is 25.8 Å². The number of hydrogen-bond acceptors (Lipinski definition) is 8. The molecular formula is C29H43F2N7O3. The van der Waals surface area contributed by atoms with Gasteiger partial charge in [0.2, 0.25) is 5.91 Å². The van der Waals surface area contributed by atoms with Gasteiger partial charge in [-0.15, -0.1) is 0 Å². The molecule has 2 aromatic carbocycles. The van der Waals surface area contributed by atoms with Gasteiger partial charge in [0.1, 0.15) is 0 Å². The number of carbonyl (C=O) groups excluding carboxylic acids is 2. The zero-order valence-corrected chi connectivity index (χ0v) is 24.8. The molecule has 0 bridgehead atoms. The molecule has 2 amide bonds. The topological polar surface area (TPSA) is 120 Å². The number of nitrogens with two attached hydrogens (primary N) is 1. The van der Waals surface area contributed by atoms with Gasteiger partial charge in [-0.2, -0.15) is 0 Å². The molecule has 3 aromatic rings. The minimum Gasteiger partial charge on any atom is -0.356 e. The molecule has 226 valence electrons. The van der Waals surface area contributed by atoms with Crippen molar-refractivity contribution in [1.29, 1.82) is 0 Å². The minimum atomic E-state index is -2.45. The van der Waals surface area contributed by atoms with Crippen LogP contribution in [0.5, 0.6) is 0 Å². The van der Waals surface area contributed by atoms with Crippen LogP contribution >= 0.6 is 0 Å². The van der Waals surface area contributed by atoms with Gasteiger partial charge in [0.25, 0.3) is 12.3 Å². The van der Waals surface area contributed by atoms with Crippen LogP contribution < -0.4 is 21.3 Å². The predicted octanol–water partition coefficient (Wildman–Crippen LogP) is 3.21. The number of benzene rings is 2. The van der Waals surface area contributed by atoms with Gasteiger partial charge in [-0.05, 0) is 43.7 Å². The quantitative estimate of drug-likeness (QED) is 0.298. The van der Waals surface area contributed by atoms with E-state index in [4.69, 9.17) is 4.52 Å². The summed E-state index contributed by atoms with van der Waals surface area (Å²) in [6, 6.07) is 11.8. The standard InChI is InChI=1S/C26H32F2N6O3.C2H6.CH5N/c1-17-10-21-18(2)31-37-23(21)11-22(17)33(15-25(35)30-9-8-29-12-24(27)28)16-26(36)32(3)34-13-19-6-4-5-7-20(19)14-34;2*1-2/h4-7,10-11,24,29H,8-9,12-16H2,1-3H3,(H,30,35);1-2H3;2H2,1H3. The minimum absolute atomic E-state index is 0.0418. The summed E-state index contributed by atoms with van der Waals surface area (Å²) in [7, 11) is 3.23. The Morgan fingerprint density at radius 2 is 1.71 bits per heavy atom. The molecular weight excluding hydrogens is 532 g/mol. The Labute approximate surface area is 240 Å². The Morgan fingerprint density at radius 1 is 1.07 bits per heavy atom. The highest BCUT2D eigenvalue weighted by Gasteiger charge is 2.27. The average molecular weight is 576 g/mol. The monoisotopic (exact) mass is 575 g/mol. The van der Waals surface area contributed by atoms with Crippen LogP contribution in [0, 0.1) is 13.8 Å². The number of fused-ring (bicyclic) bond motifs is 2. The molecule has 4 N–H and O–H groups in total. The fourth-order valence-electron chi connectivity index (χ4n) is 4.45. The number of anilines is 1. The zero-order valence-electron chi connectivity index (χ0n) is 24.8. The van der Waals surface area contributed by atoms with Crippen molar-refractivity contribution in [2.45, 2.75) is 47.2 Å². The lowest BCUT2D eigenvalue weighted by Crippen LogP contribution is -2.48. The van der Waals surface area contributed by atoms with Gasteiger partial charge >= 0.3 is 0 Å². The molecule has 10 nitrogen and oxygen atoms in total. The van der Waals surface area contributed by atoms with E-state index >= 15 is 0 Å². The van der Waals surface area contributed by atoms with Crippen LogP contribution in [0.2, 0.25) is 0 Å². The Morgan fingerprint density at radius 3 is 2.32 bits per heavy atom. The molecule has 0 aliphatic carbocycles. The molecule has 1 aliphatic rings. The van der Waals surface area contributed by atoms with Gasteiger partial charge in [0.05, 0.1) is 25.3 Å². The fourth-order valence-corrected chi connectivity index (χ4v) is 4.45. The van der Waals surface area contributed by atoms with E-state index in [0.29, 0.717) is 24.4 Å². The van der Waals surface area contributed by atoms with Crippen LogP contribution in [0.1, 0.15) is 36.2 Å². The number of rotatable bonds is 11. The Kier molecular flexibility index (Phi) is 13.6. The third-order valence-corrected chi connectivity index (χ3v) is 6.50. The molecule has 4 rings (SSSR count). The number of nitrogens with zero attached hydrogens (tertiary/aromatic N) is 4. The van der Waals surface area contributed by atoms with E-state index < -0.39 is 13.0 Å². The van der Waals surface area contributed by atoms with Crippen molar-refractivity contribution in [2.75, 3.05) is 51.7 Å². The summed E-state index contributed by atoms with van der Waals surface area (Å²) in [4.78, 5) is 27.8. The number of alkyl halides is 2. The van der Waals surface area contributed by atoms with Gasteiger partial charge in [0, 0.05) is 50.4 Å². The molecule has 0 saturated heterocycles. The van der Waals surface area contributed by atoms with E-state index in [-0.39, 0.29) is 38.0 Å². The first-order valence-corrected chi connectivity index (χ1v) is 13.8. The summed E-state index contributed by atoms with van der Waals surface area (Å²) in [5.41, 5.74) is 9.74. The van der Waals surface area contributed by atoms with Crippen LogP contribution in [0.15, 0.2) is 40.9 Å². The molecule has 0 atom stereocenters. The summed E-state index contributed by atoms with van der Waals surface area (Å²) in [5, 5.41) is 13.8. The second kappa shape index (κ2) is 16.6. The second-order valence-corrected chi connectivity index (χ2v) is 9.21. The van der Waals surface area contributed by atoms with Gasteiger partial charge in [-0.1, -0.05) is 43.3 Å². The third-order valence-electron chi connectivity index (χ3n) is 6.50. The largest absolute Gasteiger partial charge is 0.356 e. The smallest absolute Gasteiger partial charge is 0.256 e. The summed E-state index contributed by atoms with van der Waals surface area (Å²) >= 11 is 0. The highest BCUT2D eigenvalue weighted by Crippen LogP contribution is 2.29. The molecule has 1 aliphatic heterocycles. The maximum absolute atomic E-state index is 13.4. The van der Waals surface area contributed by atoms with Crippen LogP contribution in [0.3, 0.4) is 0 Å². The molecule has 1 aromatic heterocycles. The van der Waals surface area contributed by atoms with Crippen molar-refractivity contribution in [2.24, 2.45) is 5.73 Å². The lowest BCUT2D eigenvalue weighted by Gasteiger charge is -2.31. The first-order chi connectivity index (χ1) is 19.7. The first-order valence-electron chi connectivity index (χ1n) is 13.8. The van der Waals surface area contributed by atoms with Crippen molar-refractivity contribution in [3.05, 3.63) is 58.8 Å². The molecule has 12 heteroatoms. The number of nitrogens with one attached hydrogen (secondary N) is 2. The van der Waals surface area contributed by atoms with E-state index in [1.165, 1.54) is 18.2 Å². The molecule has 2 heterocycles. The van der Waals surface area contributed by atoms with Gasteiger partial charge in [-0.3, -0.25) is 14.6 Å². The zero-order chi connectivity index (χ0) is 30.5. The van der Waals surface area contributed by atoms with Crippen molar-refractivity contribution < 1.29 is 22.9 Å². The lowest BCUT2D eigenvalue weighted by molar-refractivity contribution is -0.145. The number of aryl methyl sites for hydroxylation is 2. The molecule has 0 spiro atoms. The number of likely N-dealkylation sites (N-methyl/N-ethyl adjacent to an activating group) is 1. The molecule has 0 fully saturated rings. The third kappa shape index (κ3) is 9.20. The lowest BCUT2D eigenvalue weighted by atomic mass is 10.1. The maximum Gasteiger partial charge on any atom is 0.256 e. The summed E-state index contributed by atoms with van der Waals surface area (Å²) in [5.74, 6) is -0.497. The second-order valence-electron chi connectivity index (χ2n) is 9.21. The van der Waals surface area contributed by atoms with Crippen molar-refractivity contribution >= 4 is 28.5 Å². The summed E-state index contributed by atoms with van der Waals surface area (Å²) in [6.07, 6.45) is -2.45. The summed E-state index contributed by atoms with van der Waals surface area (Å²) < 4.78 is 30.0. The van der Waals surface area contributed by atoms with E-state index in [0.717, 1.165) is 16.6 Å². The summed E-state index contributed by atoms with van der Waals surface area (Å²) in [6.45, 7) is 8.87. The van der Waals surface area contributed by atoms with E-state index in [2.05, 4.69) is 33.7 Å². The number of aromatic nitrogens is 1. The van der Waals surface area contributed by atoms with Crippen LogP contribution in [0.25, 0.3) is 11.0 Å². The van der Waals surface area contributed by atoms with Gasteiger partial charge in [0.15, 0.2) is 5.58 Å². The van der Waals surface area contributed by atoms with Crippen LogP contribution in [-0.4, -0.2) is 80.2 Å². The van der Waals surface area contributed by atoms with E-state index in [1.807, 2.05) is 50.9 Å². The molecule has 0 saturated carbocycles. The Hall–Kier alpha value is -3.61. The number of halogens is 2. The Balaban J connectivity index is 0.00000141. The average Bonchev–Trinajstić information content (AvgIpc) is 3.57. The normalized spacial score (nSPS) is 12.2. The molecule has 0 radical (unpaired) electrons. The number of hydrazine groups is 1. The van der Waals surface area contributed by atoms with Crippen LogP contribution in [-0.2, 0) is 22.7 Å². The van der Waals surface area contributed by atoms with Crippen molar-refractivity contribution in [3.63, 3.8) is 0 Å². The van der Waals surface area contributed by atoms with Gasteiger partial charge < -0.3 is 25.8 Å². The van der Waals surface area contributed by atoms with Crippen molar-refractivity contribution in [3.8, 4) is 0 Å². The van der Waals surface area contributed by atoms with E-state index in [9.17, 15) is 18.4 Å². The highest BCUT2D eigenvalue weighted by atomic mass is 19.3. The van der Waals surface area contributed by atoms with Crippen LogP contribution in [0.4, 0.5) is 14.5 Å². The number of carbonyl (C=O) groups is 2. The van der Waals surface area contributed by atoms with E-state index in [1.54, 1.807) is 23.0 Å². The van der Waals surface area contributed by atoms with Gasteiger partial charge in [-0.25, -0.2) is 13.8 Å². The Bertz CT molecular complexity index is 1240. The predicted molar refractivity (Wildman–Crippen MR) is 157 cm³/mol. The maximum atomic E-state index is 13.4. The number of hydrogen-bond donors (Lipinski definition) is 3. The highest BCUT2D eigenvalue weighted by molar-refractivity contribution is 5.90. The molecule has 0 unspecified atom stereocenters. The SMILES string of the molecule is CC.CN.Cc1cc2c(C)noc2cc1N(CC(=O)NCCNCC(F)F)CC(=O)N(C)N1Cc2ccccc2C1. The number of amides is 2.